The fourth-order valence-corrected chi connectivity index (χ4v) is 4.56. The van der Waals surface area contributed by atoms with Crippen LogP contribution in [0.2, 0.25) is 0 Å². The van der Waals surface area contributed by atoms with Gasteiger partial charge in [-0.3, -0.25) is 0 Å². The standard InChI is InChI=1S/C29H34O2/c1-7-25-26-10-8-9-11-27(26)29(21(5)12-13-22(6)30,23-14-16-24(31)17-15-23)28(25)18-20(4)19(2)3/h7-20,30-31H,1-6H3/b21-12+,22-13+,25-7-,28-18+. The van der Waals surface area contributed by atoms with E-state index < -0.39 is 5.41 Å². The molecule has 2 atom stereocenters. The molecule has 2 aromatic rings. The molecule has 1 aliphatic carbocycles. The summed E-state index contributed by atoms with van der Waals surface area (Å²) in [5.74, 6) is 1.43. The van der Waals surface area contributed by atoms with E-state index in [1.54, 1.807) is 25.1 Å². The van der Waals surface area contributed by atoms with E-state index in [0.717, 1.165) is 11.1 Å². The molecule has 0 bridgehead atoms. The quantitative estimate of drug-likeness (QED) is 0.388. The van der Waals surface area contributed by atoms with E-state index in [0.29, 0.717) is 11.8 Å². The van der Waals surface area contributed by atoms with Crippen LogP contribution in [0.5, 0.6) is 5.75 Å². The molecule has 2 N–H and O–H groups in total. The lowest BCUT2D eigenvalue weighted by Crippen LogP contribution is -2.29. The molecule has 0 saturated heterocycles. The van der Waals surface area contributed by atoms with E-state index >= 15 is 0 Å². The lowest BCUT2D eigenvalue weighted by atomic mass is 9.66. The van der Waals surface area contributed by atoms with E-state index in [1.165, 1.54) is 22.3 Å². The molecule has 0 fully saturated rings. The first-order chi connectivity index (χ1) is 14.7. The van der Waals surface area contributed by atoms with E-state index in [1.807, 2.05) is 18.2 Å². The number of allylic oxidation sites excluding steroid dienone is 8. The predicted octanol–water partition coefficient (Wildman–Crippen LogP) is 7.72. The first kappa shape index (κ1) is 22.7. The largest absolute Gasteiger partial charge is 0.513 e. The van der Waals surface area contributed by atoms with Crippen molar-refractivity contribution in [3.8, 4) is 5.75 Å². The van der Waals surface area contributed by atoms with Gasteiger partial charge in [-0.2, -0.15) is 0 Å². The Kier molecular flexibility index (Phi) is 6.59. The summed E-state index contributed by atoms with van der Waals surface area (Å²) in [4.78, 5) is 0. The highest BCUT2D eigenvalue weighted by atomic mass is 16.3. The normalized spacial score (nSPS) is 22.9. The van der Waals surface area contributed by atoms with Crippen LogP contribution >= 0.6 is 0 Å². The number of fused-ring (bicyclic) bond motifs is 1. The third-order valence-electron chi connectivity index (χ3n) is 6.55. The SMILES string of the molecule is C/C=C1\C(=C/C(C)C(C)C)C(/C(C)=C/C=C(\C)O)(c2ccc(O)cc2)c2ccccc21. The maximum Gasteiger partial charge on any atom is 0.115 e. The van der Waals surface area contributed by atoms with Gasteiger partial charge in [0.2, 0.25) is 0 Å². The van der Waals surface area contributed by atoms with E-state index in [2.05, 4.69) is 71.0 Å². The molecule has 2 nitrogen and oxygen atoms in total. The Morgan fingerprint density at radius 2 is 1.58 bits per heavy atom. The van der Waals surface area contributed by atoms with Crippen molar-refractivity contribution >= 4 is 5.57 Å². The van der Waals surface area contributed by atoms with E-state index in [4.69, 9.17) is 0 Å². The zero-order valence-corrected chi connectivity index (χ0v) is 19.5. The minimum absolute atomic E-state index is 0.255. The summed E-state index contributed by atoms with van der Waals surface area (Å²) in [6.07, 6.45) is 8.41. The maximum absolute atomic E-state index is 9.99. The van der Waals surface area contributed by atoms with Gasteiger partial charge >= 0.3 is 0 Å². The van der Waals surface area contributed by atoms with Gasteiger partial charge in [-0.1, -0.05) is 81.0 Å². The molecular weight excluding hydrogens is 380 g/mol. The predicted molar refractivity (Wildman–Crippen MR) is 131 cm³/mol. The van der Waals surface area contributed by atoms with Crippen LogP contribution in [0, 0.1) is 11.8 Å². The van der Waals surface area contributed by atoms with Gasteiger partial charge in [-0.05, 0) is 78.7 Å². The number of aliphatic hydroxyl groups excluding tert-OH is 1. The van der Waals surface area contributed by atoms with Crippen molar-refractivity contribution in [2.75, 3.05) is 0 Å². The summed E-state index contributed by atoms with van der Waals surface area (Å²) < 4.78 is 0. The van der Waals surface area contributed by atoms with Crippen LogP contribution in [0.1, 0.15) is 58.2 Å². The second-order valence-electron chi connectivity index (χ2n) is 8.89. The van der Waals surface area contributed by atoms with Gasteiger partial charge in [0.05, 0.1) is 11.2 Å². The number of phenolic OH excluding ortho intramolecular Hbond substituents is 1. The van der Waals surface area contributed by atoms with Gasteiger partial charge in [0.1, 0.15) is 5.75 Å². The number of hydrogen-bond acceptors (Lipinski definition) is 2. The fraction of sp³-hybridized carbons (Fsp3) is 0.310. The molecule has 2 unspecified atom stereocenters. The molecule has 0 aliphatic heterocycles. The van der Waals surface area contributed by atoms with Crippen LogP contribution in [0.25, 0.3) is 5.57 Å². The average Bonchev–Trinajstić information content (AvgIpc) is 3.02. The van der Waals surface area contributed by atoms with E-state index in [9.17, 15) is 10.2 Å². The third kappa shape index (κ3) is 3.99. The van der Waals surface area contributed by atoms with Crippen molar-refractivity contribution in [1.82, 2.24) is 0 Å². The smallest absolute Gasteiger partial charge is 0.115 e. The summed E-state index contributed by atoms with van der Waals surface area (Å²) in [5.41, 5.74) is 6.70. The minimum atomic E-state index is -0.499. The summed E-state index contributed by atoms with van der Waals surface area (Å²) in [5, 5.41) is 19.9. The number of aliphatic hydroxyl groups is 1. The Morgan fingerprint density at radius 1 is 0.935 bits per heavy atom. The van der Waals surface area contributed by atoms with Gasteiger partial charge < -0.3 is 10.2 Å². The summed E-state index contributed by atoms with van der Waals surface area (Å²) >= 11 is 0. The minimum Gasteiger partial charge on any atom is -0.513 e. The zero-order chi connectivity index (χ0) is 22.8. The van der Waals surface area contributed by atoms with Crippen molar-refractivity contribution < 1.29 is 10.2 Å². The summed E-state index contributed by atoms with van der Waals surface area (Å²) in [6.45, 7) is 12.7. The molecule has 0 amide bonds. The Hall–Kier alpha value is -3.00. The van der Waals surface area contributed by atoms with E-state index in [-0.39, 0.29) is 11.5 Å². The molecule has 2 aromatic carbocycles. The summed E-state index contributed by atoms with van der Waals surface area (Å²) in [6, 6.07) is 16.2. The van der Waals surface area contributed by atoms with Crippen molar-refractivity contribution in [2.24, 2.45) is 11.8 Å². The molecular formula is C29H34O2. The van der Waals surface area contributed by atoms with Crippen molar-refractivity contribution in [2.45, 2.75) is 47.0 Å². The second kappa shape index (κ2) is 9.01. The van der Waals surface area contributed by atoms with Crippen LogP contribution in [-0.2, 0) is 5.41 Å². The van der Waals surface area contributed by atoms with Crippen LogP contribution in [-0.4, -0.2) is 10.2 Å². The fourth-order valence-electron chi connectivity index (χ4n) is 4.56. The highest BCUT2D eigenvalue weighted by Gasteiger charge is 2.47. The molecule has 0 radical (unpaired) electrons. The Balaban J connectivity index is 2.48. The molecule has 31 heavy (non-hydrogen) atoms. The number of hydrogen-bond donors (Lipinski definition) is 2. The first-order valence-corrected chi connectivity index (χ1v) is 11.1. The average molecular weight is 415 g/mol. The van der Waals surface area contributed by atoms with Gasteiger partial charge in [-0.15, -0.1) is 0 Å². The van der Waals surface area contributed by atoms with Crippen molar-refractivity contribution in [3.63, 3.8) is 0 Å². The molecule has 2 heteroatoms. The van der Waals surface area contributed by atoms with Gasteiger partial charge in [0.15, 0.2) is 0 Å². The first-order valence-electron chi connectivity index (χ1n) is 11.1. The molecule has 0 aromatic heterocycles. The number of benzene rings is 2. The van der Waals surface area contributed by atoms with Gasteiger partial charge in [-0.25, -0.2) is 0 Å². The van der Waals surface area contributed by atoms with Crippen LogP contribution < -0.4 is 0 Å². The van der Waals surface area contributed by atoms with Gasteiger partial charge in [0.25, 0.3) is 0 Å². The number of phenols is 1. The highest BCUT2D eigenvalue weighted by Crippen LogP contribution is 2.57. The number of rotatable bonds is 5. The highest BCUT2D eigenvalue weighted by molar-refractivity contribution is 5.93. The topological polar surface area (TPSA) is 40.5 Å². The lowest BCUT2D eigenvalue weighted by Gasteiger charge is -2.35. The molecule has 0 spiro atoms. The second-order valence-corrected chi connectivity index (χ2v) is 8.89. The molecule has 0 saturated carbocycles. The molecule has 162 valence electrons. The Bertz CT molecular complexity index is 1060. The van der Waals surface area contributed by atoms with Crippen molar-refractivity contribution in [1.29, 1.82) is 0 Å². The van der Waals surface area contributed by atoms with Gasteiger partial charge in [0, 0.05) is 0 Å². The third-order valence-corrected chi connectivity index (χ3v) is 6.55. The Labute approximate surface area is 187 Å². The molecule has 1 aliphatic rings. The maximum atomic E-state index is 9.99. The van der Waals surface area contributed by atoms with Crippen LogP contribution in [0.3, 0.4) is 0 Å². The summed E-state index contributed by atoms with van der Waals surface area (Å²) in [7, 11) is 0. The molecule has 3 rings (SSSR count). The number of aromatic hydroxyl groups is 1. The lowest BCUT2D eigenvalue weighted by molar-refractivity contribution is 0.414. The molecule has 0 heterocycles. The zero-order valence-electron chi connectivity index (χ0n) is 19.5. The van der Waals surface area contributed by atoms with Crippen LogP contribution in [0.4, 0.5) is 0 Å². The van der Waals surface area contributed by atoms with Crippen molar-refractivity contribution in [3.05, 3.63) is 106 Å². The monoisotopic (exact) mass is 414 g/mol. The Morgan fingerprint density at radius 3 is 2.16 bits per heavy atom. The van der Waals surface area contributed by atoms with Crippen LogP contribution in [0.15, 0.2) is 89.7 Å².